The zero-order chi connectivity index (χ0) is 13.4. The zero-order valence-corrected chi connectivity index (χ0v) is 10.6. The number of aromatic nitrogens is 2. The molecule has 19 heavy (non-hydrogen) atoms. The van der Waals surface area contributed by atoms with Gasteiger partial charge in [0.15, 0.2) is 5.82 Å². The van der Waals surface area contributed by atoms with Gasteiger partial charge in [-0.1, -0.05) is 12.8 Å². The first-order valence-corrected chi connectivity index (χ1v) is 6.73. The molecular formula is C14H17F2N3. The first-order chi connectivity index (χ1) is 9.19. The Balaban J connectivity index is 2.02. The zero-order valence-electron chi connectivity index (χ0n) is 10.6. The summed E-state index contributed by atoms with van der Waals surface area (Å²) in [5.74, 6) is 0.155. The molecule has 0 aliphatic heterocycles. The van der Waals surface area contributed by atoms with Crippen molar-refractivity contribution >= 4 is 11.0 Å². The summed E-state index contributed by atoms with van der Waals surface area (Å²) in [4.78, 5) is 7.39. The van der Waals surface area contributed by atoms with Crippen molar-refractivity contribution in [2.24, 2.45) is 11.7 Å². The van der Waals surface area contributed by atoms with E-state index in [-0.39, 0.29) is 11.4 Å². The number of hydrogen-bond acceptors (Lipinski definition) is 2. The Morgan fingerprint density at radius 3 is 2.84 bits per heavy atom. The summed E-state index contributed by atoms with van der Waals surface area (Å²) in [6, 6.07) is 2.16. The Labute approximate surface area is 110 Å². The summed E-state index contributed by atoms with van der Waals surface area (Å²) in [6.07, 6.45) is 4.40. The van der Waals surface area contributed by atoms with E-state index in [1.165, 1.54) is 12.5 Å². The van der Waals surface area contributed by atoms with E-state index in [1.807, 2.05) is 0 Å². The normalized spacial score (nSPS) is 23.9. The van der Waals surface area contributed by atoms with Crippen molar-refractivity contribution in [2.75, 3.05) is 6.54 Å². The van der Waals surface area contributed by atoms with Crippen LogP contribution in [0.15, 0.2) is 12.1 Å². The Bertz CT molecular complexity index is 594. The number of fused-ring (bicyclic) bond motifs is 1. The number of nitrogens with zero attached hydrogens (tertiary/aromatic N) is 1. The molecule has 0 radical (unpaired) electrons. The quantitative estimate of drug-likeness (QED) is 0.876. The van der Waals surface area contributed by atoms with Gasteiger partial charge in [0.1, 0.15) is 17.2 Å². The summed E-state index contributed by atoms with van der Waals surface area (Å²) < 4.78 is 26.8. The van der Waals surface area contributed by atoms with Gasteiger partial charge >= 0.3 is 0 Å². The molecule has 0 spiro atoms. The number of benzene rings is 1. The largest absolute Gasteiger partial charge is 0.342 e. The molecule has 3 rings (SSSR count). The molecule has 1 saturated carbocycles. The lowest BCUT2D eigenvalue weighted by atomic mass is 9.79. The standard InChI is InChI=1S/C14H17F2N3/c15-9-5-11(16)13-12(6-9)18-14(19-13)10-4-2-1-3-8(10)7-17/h5-6,8,10H,1-4,7,17H2,(H,18,19). The van der Waals surface area contributed by atoms with E-state index in [1.54, 1.807) is 0 Å². The SMILES string of the molecule is NCC1CCCCC1c1nc2c(F)cc(F)cc2[nH]1. The highest BCUT2D eigenvalue weighted by molar-refractivity contribution is 5.75. The molecule has 3 nitrogen and oxygen atoms in total. The van der Waals surface area contributed by atoms with Gasteiger partial charge in [-0.3, -0.25) is 0 Å². The molecule has 1 aromatic heterocycles. The molecule has 1 aromatic carbocycles. The maximum Gasteiger partial charge on any atom is 0.153 e. The van der Waals surface area contributed by atoms with Gasteiger partial charge in [0.25, 0.3) is 0 Å². The third-order valence-electron chi connectivity index (χ3n) is 4.09. The molecule has 1 aliphatic carbocycles. The molecule has 1 heterocycles. The molecule has 2 unspecified atom stereocenters. The minimum atomic E-state index is -0.613. The van der Waals surface area contributed by atoms with E-state index >= 15 is 0 Å². The van der Waals surface area contributed by atoms with E-state index in [4.69, 9.17) is 5.73 Å². The fourth-order valence-corrected chi connectivity index (χ4v) is 3.09. The van der Waals surface area contributed by atoms with Crippen LogP contribution < -0.4 is 5.73 Å². The van der Waals surface area contributed by atoms with Gasteiger partial charge in [0.05, 0.1) is 5.52 Å². The lowest BCUT2D eigenvalue weighted by Gasteiger charge is -2.28. The fraction of sp³-hybridized carbons (Fsp3) is 0.500. The number of H-pyrrole nitrogens is 1. The average molecular weight is 265 g/mol. The number of imidazole rings is 1. The van der Waals surface area contributed by atoms with E-state index in [2.05, 4.69) is 9.97 Å². The summed E-state index contributed by atoms with van der Waals surface area (Å²) in [7, 11) is 0. The first-order valence-electron chi connectivity index (χ1n) is 6.73. The Morgan fingerprint density at radius 1 is 1.26 bits per heavy atom. The molecule has 0 saturated heterocycles. The summed E-state index contributed by atoms with van der Waals surface area (Å²) >= 11 is 0. The predicted octanol–water partition coefficient (Wildman–Crippen LogP) is 3.07. The summed E-state index contributed by atoms with van der Waals surface area (Å²) in [5, 5.41) is 0. The number of halogens is 2. The Morgan fingerprint density at radius 2 is 2.05 bits per heavy atom. The molecule has 2 aromatic rings. The van der Waals surface area contributed by atoms with E-state index in [0.29, 0.717) is 18.0 Å². The van der Waals surface area contributed by atoms with Crippen LogP contribution in [0.1, 0.15) is 37.4 Å². The van der Waals surface area contributed by atoms with Crippen molar-refractivity contribution < 1.29 is 8.78 Å². The summed E-state index contributed by atoms with van der Waals surface area (Å²) in [5.41, 5.74) is 6.45. The van der Waals surface area contributed by atoms with Gasteiger partial charge in [0.2, 0.25) is 0 Å². The molecule has 0 bridgehead atoms. The highest BCUT2D eigenvalue weighted by Gasteiger charge is 2.28. The highest BCUT2D eigenvalue weighted by atomic mass is 19.1. The van der Waals surface area contributed by atoms with Crippen LogP contribution >= 0.6 is 0 Å². The Hall–Kier alpha value is -1.49. The van der Waals surface area contributed by atoms with E-state index in [9.17, 15) is 8.78 Å². The number of nitrogens with one attached hydrogen (secondary N) is 1. The first kappa shape index (κ1) is 12.5. The van der Waals surface area contributed by atoms with Gasteiger partial charge in [-0.2, -0.15) is 0 Å². The maximum absolute atomic E-state index is 13.7. The molecule has 5 heteroatoms. The highest BCUT2D eigenvalue weighted by Crippen LogP contribution is 2.36. The van der Waals surface area contributed by atoms with Crippen molar-refractivity contribution in [1.82, 2.24) is 9.97 Å². The van der Waals surface area contributed by atoms with Crippen LogP contribution in [0, 0.1) is 17.6 Å². The molecule has 1 aliphatic rings. The molecule has 3 N–H and O–H groups in total. The van der Waals surface area contributed by atoms with Crippen LogP contribution in [0.4, 0.5) is 8.78 Å². The van der Waals surface area contributed by atoms with E-state index in [0.717, 1.165) is 31.2 Å². The Kier molecular flexibility index (Phi) is 3.22. The number of hydrogen-bond donors (Lipinski definition) is 2. The van der Waals surface area contributed by atoms with Gasteiger partial charge in [0, 0.05) is 12.0 Å². The topological polar surface area (TPSA) is 54.7 Å². The van der Waals surface area contributed by atoms with Crippen LogP contribution in [-0.4, -0.2) is 16.5 Å². The second-order valence-corrected chi connectivity index (χ2v) is 5.29. The maximum atomic E-state index is 13.7. The van der Waals surface area contributed by atoms with Crippen molar-refractivity contribution in [3.05, 3.63) is 29.6 Å². The predicted molar refractivity (Wildman–Crippen MR) is 69.8 cm³/mol. The number of aromatic amines is 1. The van der Waals surface area contributed by atoms with Crippen molar-refractivity contribution in [1.29, 1.82) is 0 Å². The second-order valence-electron chi connectivity index (χ2n) is 5.29. The lowest BCUT2D eigenvalue weighted by Crippen LogP contribution is -2.25. The number of rotatable bonds is 2. The van der Waals surface area contributed by atoms with Crippen molar-refractivity contribution in [3.63, 3.8) is 0 Å². The third-order valence-corrected chi connectivity index (χ3v) is 4.09. The van der Waals surface area contributed by atoms with Crippen LogP contribution in [0.2, 0.25) is 0 Å². The van der Waals surface area contributed by atoms with Crippen molar-refractivity contribution in [2.45, 2.75) is 31.6 Å². The van der Waals surface area contributed by atoms with Crippen LogP contribution in [0.25, 0.3) is 11.0 Å². The summed E-state index contributed by atoms with van der Waals surface area (Å²) in [6.45, 7) is 0.610. The lowest BCUT2D eigenvalue weighted by molar-refractivity contribution is 0.306. The molecule has 1 fully saturated rings. The molecule has 2 atom stereocenters. The van der Waals surface area contributed by atoms with Crippen molar-refractivity contribution in [3.8, 4) is 0 Å². The van der Waals surface area contributed by atoms with E-state index < -0.39 is 11.6 Å². The van der Waals surface area contributed by atoms with Gasteiger partial charge in [-0.15, -0.1) is 0 Å². The molecule has 0 amide bonds. The second kappa shape index (κ2) is 4.89. The smallest absolute Gasteiger partial charge is 0.153 e. The minimum Gasteiger partial charge on any atom is -0.342 e. The molecule has 102 valence electrons. The number of nitrogens with two attached hydrogens (primary N) is 1. The average Bonchev–Trinajstić information content (AvgIpc) is 2.82. The van der Waals surface area contributed by atoms with Gasteiger partial charge in [-0.25, -0.2) is 13.8 Å². The van der Waals surface area contributed by atoms with Gasteiger partial charge < -0.3 is 10.7 Å². The van der Waals surface area contributed by atoms with Gasteiger partial charge in [-0.05, 0) is 31.4 Å². The fourth-order valence-electron chi connectivity index (χ4n) is 3.09. The third kappa shape index (κ3) is 2.23. The van der Waals surface area contributed by atoms with Crippen LogP contribution in [0.3, 0.4) is 0 Å². The minimum absolute atomic E-state index is 0.220. The monoisotopic (exact) mass is 265 g/mol. The van der Waals surface area contributed by atoms with Crippen LogP contribution in [-0.2, 0) is 0 Å². The molecular weight excluding hydrogens is 248 g/mol. The van der Waals surface area contributed by atoms with Crippen LogP contribution in [0.5, 0.6) is 0 Å².